The standard InChI is InChI=1S/C18H27N5S/c1-15-18-19-11-17(13-21-6-4-20(2)5-7-21)23(18)9-8-22(15)12-16-3-10-24-14-16/h3,10-11,14-15H,4-9,12-13H2,1-2H3/t15-/m0/s1. The Balaban J connectivity index is 1.44. The van der Waals surface area contributed by atoms with Crippen LogP contribution in [0.2, 0.25) is 0 Å². The van der Waals surface area contributed by atoms with E-state index in [4.69, 9.17) is 4.98 Å². The fourth-order valence-electron chi connectivity index (χ4n) is 3.80. The molecule has 1 saturated heterocycles. The van der Waals surface area contributed by atoms with E-state index in [9.17, 15) is 0 Å². The molecule has 4 rings (SSSR count). The lowest BCUT2D eigenvalue weighted by Crippen LogP contribution is -2.44. The zero-order chi connectivity index (χ0) is 16.5. The van der Waals surface area contributed by atoms with E-state index in [1.165, 1.54) is 30.2 Å². The predicted octanol–water partition coefficient (Wildman–Crippen LogP) is 2.27. The number of fused-ring (bicyclic) bond motifs is 1. The third-order valence-corrected chi connectivity index (χ3v) is 6.18. The summed E-state index contributed by atoms with van der Waals surface area (Å²) >= 11 is 1.78. The van der Waals surface area contributed by atoms with Crippen molar-refractivity contribution < 1.29 is 0 Å². The average Bonchev–Trinajstić information content (AvgIpc) is 3.23. The molecule has 1 atom stereocenters. The zero-order valence-electron chi connectivity index (χ0n) is 14.7. The van der Waals surface area contributed by atoms with Gasteiger partial charge in [0.15, 0.2) is 0 Å². The minimum absolute atomic E-state index is 0.389. The fraction of sp³-hybridized carbons (Fsp3) is 0.611. The first-order chi connectivity index (χ1) is 11.7. The molecule has 4 heterocycles. The van der Waals surface area contributed by atoms with Gasteiger partial charge in [-0.2, -0.15) is 11.3 Å². The third-order valence-electron chi connectivity index (χ3n) is 5.45. The topological polar surface area (TPSA) is 27.5 Å². The number of aromatic nitrogens is 2. The zero-order valence-corrected chi connectivity index (χ0v) is 15.5. The van der Waals surface area contributed by atoms with Gasteiger partial charge in [0.05, 0.1) is 11.7 Å². The van der Waals surface area contributed by atoms with Crippen LogP contribution in [0.1, 0.15) is 30.0 Å². The maximum atomic E-state index is 4.78. The molecule has 0 aromatic carbocycles. The number of hydrogen-bond donors (Lipinski definition) is 0. The first-order valence-corrected chi connectivity index (χ1v) is 9.85. The third kappa shape index (κ3) is 3.28. The van der Waals surface area contributed by atoms with Crippen molar-refractivity contribution in [1.82, 2.24) is 24.3 Å². The van der Waals surface area contributed by atoms with Crippen LogP contribution in [0.3, 0.4) is 0 Å². The van der Waals surface area contributed by atoms with E-state index in [0.29, 0.717) is 6.04 Å². The van der Waals surface area contributed by atoms with Crippen molar-refractivity contribution in [2.75, 3.05) is 39.8 Å². The summed E-state index contributed by atoms with van der Waals surface area (Å²) in [6.07, 6.45) is 2.11. The van der Waals surface area contributed by atoms with E-state index < -0.39 is 0 Å². The SMILES string of the molecule is C[C@H]1c2ncc(CN3CCN(C)CC3)n2CCN1Cc1ccsc1. The molecule has 0 unspecified atom stereocenters. The molecular weight excluding hydrogens is 318 g/mol. The highest BCUT2D eigenvalue weighted by Crippen LogP contribution is 2.27. The van der Waals surface area contributed by atoms with Crippen LogP contribution in [-0.2, 0) is 19.6 Å². The molecule has 24 heavy (non-hydrogen) atoms. The van der Waals surface area contributed by atoms with Crippen LogP contribution in [-0.4, -0.2) is 64.0 Å². The number of likely N-dealkylation sites (N-methyl/N-ethyl adjacent to an activating group) is 1. The van der Waals surface area contributed by atoms with Crippen LogP contribution >= 0.6 is 11.3 Å². The molecule has 2 aliphatic heterocycles. The maximum Gasteiger partial charge on any atom is 0.126 e. The summed E-state index contributed by atoms with van der Waals surface area (Å²) in [5.74, 6) is 1.24. The van der Waals surface area contributed by atoms with Gasteiger partial charge < -0.3 is 9.47 Å². The van der Waals surface area contributed by atoms with Crippen LogP contribution in [0.25, 0.3) is 0 Å². The summed E-state index contributed by atoms with van der Waals surface area (Å²) in [6.45, 7) is 11.2. The van der Waals surface area contributed by atoms with Crippen molar-refractivity contribution in [3.8, 4) is 0 Å². The Bertz CT molecular complexity index is 657. The Morgan fingerprint density at radius 3 is 2.71 bits per heavy atom. The second-order valence-electron chi connectivity index (χ2n) is 7.12. The molecule has 130 valence electrons. The average molecular weight is 346 g/mol. The van der Waals surface area contributed by atoms with Crippen molar-refractivity contribution in [1.29, 1.82) is 0 Å². The van der Waals surface area contributed by atoms with E-state index in [1.54, 1.807) is 11.3 Å². The highest BCUT2D eigenvalue weighted by molar-refractivity contribution is 7.07. The molecule has 0 radical (unpaired) electrons. The second-order valence-corrected chi connectivity index (χ2v) is 7.90. The molecule has 1 fully saturated rings. The molecule has 6 heteroatoms. The molecule has 0 saturated carbocycles. The summed E-state index contributed by atoms with van der Waals surface area (Å²) in [5.41, 5.74) is 2.81. The van der Waals surface area contributed by atoms with Gasteiger partial charge in [-0.1, -0.05) is 0 Å². The van der Waals surface area contributed by atoms with Crippen LogP contribution in [0.5, 0.6) is 0 Å². The second kappa shape index (κ2) is 6.96. The minimum Gasteiger partial charge on any atom is -0.328 e. The van der Waals surface area contributed by atoms with Gasteiger partial charge in [0.2, 0.25) is 0 Å². The summed E-state index contributed by atoms with van der Waals surface area (Å²) in [4.78, 5) is 12.3. The van der Waals surface area contributed by atoms with Crippen molar-refractivity contribution in [3.63, 3.8) is 0 Å². The maximum absolute atomic E-state index is 4.78. The number of rotatable bonds is 4. The highest BCUT2D eigenvalue weighted by Gasteiger charge is 2.27. The number of thiophene rings is 1. The van der Waals surface area contributed by atoms with Crippen LogP contribution in [0, 0.1) is 0 Å². The summed E-state index contributed by atoms with van der Waals surface area (Å²) in [7, 11) is 2.21. The number of nitrogens with zero attached hydrogens (tertiary/aromatic N) is 5. The van der Waals surface area contributed by atoms with Gasteiger partial charge in [-0.15, -0.1) is 0 Å². The largest absolute Gasteiger partial charge is 0.328 e. The molecule has 0 bridgehead atoms. The van der Waals surface area contributed by atoms with Gasteiger partial charge in [-0.3, -0.25) is 9.80 Å². The van der Waals surface area contributed by atoms with Crippen LogP contribution < -0.4 is 0 Å². The summed E-state index contributed by atoms with van der Waals surface area (Å²) in [6, 6.07) is 2.62. The monoisotopic (exact) mass is 345 g/mol. The van der Waals surface area contributed by atoms with E-state index in [1.807, 2.05) is 0 Å². The summed E-state index contributed by atoms with van der Waals surface area (Å²) < 4.78 is 2.47. The van der Waals surface area contributed by atoms with Crippen molar-refractivity contribution in [2.45, 2.75) is 32.6 Å². The minimum atomic E-state index is 0.389. The lowest BCUT2D eigenvalue weighted by molar-refractivity contribution is 0.136. The molecule has 2 aliphatic rings. The van der Waals surface area contributed by atoms with E-state index in [2.05, 4.69) is 56.3 Å². The van der Waals surface area contributed by atoms with Gasteiger partial charge in [-0.25, -0.2) is 4.98 Å². The normalized spacial score (nSPS) is 23.5. The van der Waals surface area contributed by atoms with Gasteiger partial charge >= 0.3 is 0 Å². The predicted molar refractivity (Wildman–Crippen MR) is 98.1 cm³/mol. The van der Waals surface area contributed by atoms with Gasteiger partial charge in [0.25, 0.3) is 0 Å². The van der Waals surface area contributed by atoms with E-state index in [0.717, 1.165) is 39.3 Å². The first-order valence-electron chi connectivity index (χ1n) is 8.91. The highest BCUT2D eigenvalue weighted by atomic mass is 32.1. The van der Waals surface area contributed by atoms with Crippen molar-refractivity contribution in [2.24, 2.45) is 0 Å². The summed E-state index contributed by atoms with van der Waals surface area (Å²) in [5, 5.41) is 4.42. The molecular formula is C18H27N5S. The Hall–Kier alpha value is -1.21. The Morgan fingerprint density at radius 2 is 1.96 bits per heavy atom. The van der Waals surface area contributed by atoms with Crippen LogP contribution in [0.4, 0.5) is 0 Å². The molecule has 2 aromatic rings. The quantitative estimate of drug-likeness (QED) is 0.850. The van der Waals surface area contributed by atoms with Crippen molar-refractivity contribution in [3.05, 3.63) is 40.1 Å². The fourth-order valence-corrected chi connectivity index (χ4v) is 4.46. The van der Waals surface area contributed by atoms with Gasteiger partial charge in [0.1, 0.15) is 5.82 Å². The lowest BCUT2D eigenvalue weighted by atomic mass is 10.2. The molecule has 0 N–H and O–H groups in total. The first kappa shape index (κ1) is 16.3. The number of imidazole rings is 1. The van der Waals surface area contributed by atoms with E-state index in [-0.39, 0.29) is 0 Å². The molecule has 0 spiro atoms. The van der Waals surface area contributed by atoms with E-state index >= 15 is 0 Å². The Kier molecular flexibility index (Phi) is 4.72. The molecule has 0 amide bonds. The van der Waals surface area contributed by atoms with Gasteiger partial charge in [0, 0.05) is 58.6 Å². The van der Waals surface area contributed by atoms with Crippen LogP contribution in [0.15, 0.2) is 23.0 Å². The Morgan fingerprint density at radius 1 is 1.12 bits per heavy atom. The molecule has 5 nitrogen and oxygen atoms in total. The smallest absolute Gasteiger partial charge is 0.126 e. The number of hydrogen-bond acceptors (Lipinski definition) is 5. The molecule has 0 aliphatic carbocycles. The number of piperazine rings is 1. The van der Waals surface area contributed by atoms with Gasteiger partial charge in [-0.05, 0) is 36.4 Å². The Labute approximate surface area is 148 Å². The van der Waals surface area contributed by atoms with Crippen molar-refractivity contribution >= 4 is 11.3 Å². The molecule has 2 aromatic heterocycles. The lowest BCUT2D eigenvalue weighted by Gasteiger charge is -2.35.